The Morgan fingerprint density at radius 2 is 2.14 bits per heavy atom. The molecule has 154 valence electrons. The Hall–Kier alpha value is -2.60. The molecule has 2 aromatic rings. The minimum absolute atomic E-state index is 0.00261. The number of hydrogen-bond acceptors (Lipinski definition) is 9. The van der Waals surface area contributed by atoms with Gasteiger partial charge in [-0.25, -0.2) is 23.2 Å². The Labute approximate surface area is 169 Å². The first-order valence-electron chi connectivity index (χ1n) is 8.97. The van der Waals surface area contributed by atoms with E-state index in [0.717, 1.165) is 10.7 Å². The molecule has 4 rings (SSSR count). The summed E-state index contributed by atoms with van der Waals surface area (Å²) in [5.74, 6) is -1.18. The highest BCUT2D eigenvalue weighted by Gasteiger charge is 2.37. The zero-order chi connectivity index (χ0) is 20.8. The van der Waals surface area contributed by atoms with Gasteiger partial charge in [0.1, 0.15) is 12.3 Å². The van der Waals surface area contributed by atoms with Crippen molar-refractivity contribution < 1.29 is 22.7 Å². The average Bonchev–Trinajstić information content (AvgIpc) is 3.22. The number of aromatic nitrogens is 2. The molecule has 0 saturated carbocycles. The standard InChI is InChI=1S/C17H18N4O6S2/c1-10-8-28-17-18-11(6-15(23)20(10)17)7-27-16(24)13-2-3-14(22)21(19-13)12-4-5-29(25,26)9-12/h6,8,12H,2-5,7,9H2,1H3. The molecule has 0 aliphatic carbocycles. The fourth-order valence-corrected chi connectivity index (χ4v) is 5.95. The summed E-state index contributed by atoms with van der Waals surface area (Å²) in [5, 5.41) is 6.99. The van der Waals surface area contributed by atoms with Crippen molar-refractivity contribution in [3.05, 3.63) is 33.2 Å². The SMILES string of the molecule is Cc1csc2nc(COC(=O)C3=NN(C4CCS(=O)(=O)C4)C(=O)CC3)cc(=O)n12. The summed E-state index contributed by atoms with van der Waals surface area (Å²) in [7, 11) is -3.19. The molecule has 1 saturated heterocycles. The van der Waals surface area contributed by atoms with E-state index in [4.69, 9.17) is 4.74 Å². The molecule has 1 amide bonds. The maximum Gasteiger partial charge on any atom is 0.354 e. The van der Waals surface area contributed by atoms with Gasteiger partial charge >= 0.3 is 5.97 Å². The maximum atomic E-state index is 12.4. The number of amides is 1. The summed E-state index contributed by atoms with van der Waals surface area (Å²) in [6.45, 7) is 1.60. The number of esters is 1. The van der Waals surface area contributed by atoms with E-state index in [1.165, 1.54) is 21.8 Å². The van der Waals surface area contributed by atoms with Crippen LogP contribution in [0.5, 0.6) is 0 Å². The lowest BCUT2D eigenvalue weighted by atomic mass is 10.1. The quantitative estimate of drug-likeness (QED) is 0.627. The van der Waals surface area contributed by atoms with Crippen molar-refractivity contribution in [2.75, 3.05) is 11.5 Å². The van der Waals surface area contributed by atoms with Crippen molar-refractivity contribution >= 4 is 43.7 Å². The number of hydrogen-bond donors (Lipinski definition) is 0. The van der Waals surface area contributed by atoms with E-state index in [9.17, 15) is 22.8 Å². The number of nitrogens with zero attached hydrogens (tertiary/aromatic N) is 4. The highest BCUT2D eigenvalue weighted by atomic mass is 32.2. The van der Waals surface area contributed by atoms with Crippen LogP contribution >= 0.6 is 11.3 Å². The number of fused-ring (bicyclic) bond motifs is 1. The van der Waals surface area contributed by atoms with Gasteiger partial charge in [-0.3, -0.25) is 14.0 Å². The minimum atomic E-state index is -3.19. The molecule has 0 bridgehead atoms. The Bertz CT molecular complexity index is 1200. The number of carbonyl (C=O) groups excluding carboxylic acids is 2. The molecule has 1 atom stereocenters. The number of sulfone groups is 1. The Balaban J connectivity index is 1.47. The van der Waals surface area contributed by atoms with E-state index in [-0.39, 0.29) is 48.1 Å². The topological polar surface area (TPSA) is 127 Å². The maximum absolute atomic E-state index is 12.4. The minimum Gasteiger partial charge on any atom is -0.455 e. The van der Waals surface area contributed by atoms with Crippen LogP contribution in [-0.2, 0) is 30.8 Å². The van der Waals surface area contributed by atoms with E-state index >= 15 is 0 Å². The van der Waals surface area contributed by atoms with E-state index < -0.39 is 21.8 Å². The second-order valence-electron chi connectivity index (χ2n) is 7.00. The molecule has 2 aromatic heterocycles. The van der Waals surface area contributed by atoms with Gasteiger partial charge in [-0.15, -0.1) is 11.3 Å². The Kier molecular flexibility index (Phi) is 4.99. The lowest BCUT2D eigenvalue weighted by molar-refractivity contribution is -0.138. The summed E-state index contributed by atoms with van der Waals surface area (Å²) in [4.78, 5) is 41.5. The Morgan fingerprint density at radius 1 is 1.34 bits per heavy atom. The van der Waals surface area contributed by atoms with Gasteiger partial charge in [-0.1, -0.05) is 0 Å². The van der Waals surface area contributed by atoms with Crippen LogP contribution in [0.1, 0.15) is 30.7 Å². The molecule has 1 unspecified atom stereocenters. The predicted octanol–water partition coefficient (Wildman–Crippen LogP) is 0.273. The van der Waals surface area contributed by atoms with Crippen LogP contribution in [0.15, 0.2) is 21.3 Å². The zero-order valence-corrected chi connectivity index (χ0v) is 17.2. The molecular formula is C17H18N4O6S2. The Morgan fingerprint density at radius 3 is 2.86 bits per heavy atom. The molecule has 12 heteroatoms. The molecule has 1 fully saturated rings. The fourth-order valence-electron chi connectivity index (χ4n) is 3.37. The van der Waals surface area contributed by atoms with Gasteiger partial charge in [0.2, 0.25) is 5.91 Å². The zero-order valence-electron chi connectivity index (χ0n) is 15.5. The van der Waals surface area contributed by atoms with Crippen molar-refractivity contribution in [1.29, 1.82) is 0 Å². The number of hydrazone groups is 1. The molecule has 2 aliphatic rings. The largest absolute Gasteiger partial charge is 0.455 e. The van der Waals surface area contributed by atoms with Crippen molar-refractivity contribution in [1.82, 2.24) is 14.4 Å². The predicted molar refractivity (Wildman–Crippen MR) is 104 cm³/mol. The highest BCUT2D eigenvalue weighted by molar-refractivity contribution is 7.91. The van der Waals surface area contributed by atoms with Crippen LogP contribution in [0.4, 0.5) is 0 Å². The number of aryl methyl sites for hydroxylation is 1. The second-order valence-corrected chi connectivity index (χ2v) is 10.1. The average molecular weight is 438 g/mol. The van der Waals surface area contributed by atoms with E-state index in [0.29, 0.717) is 17.1 Å². The molecule has 10 nitrogen and oxygen atoms in total. The molecular weight excluding hydrogens is 420 g/mol. The molecule has 0 radical (unpaired) electrons. The van der Waals surface area contributed by atoms with Crippen molar-refractivity contribution in [3.63, 3.8) is 0 Å². The number of carbonyl (C=O) groups is 2. The summed E-state index contributed by atoms with van der Waals surface area (Å²) >= 11 is 1.31. The van der Waals surface area contributed by atoms with Crippen molar-refractivity contribution in [2.45, 2.75) is 38.8 Å². The molecule has 0 aromatic carbocycles. The van der Waals surface area contributed by atoms with Crippen LogP contribution in [0.25, 0.3) is 4.96 Å². The second kappa shape index (κ2) is 7.34. The van der Waals surface area contributed by atoms with Crippen LogP contribution in [0, 0.1) is 6.92 Å². The third-order valence-corrected chi connectivity index (χ3v) is 7.52. The number of thiazole rings is 1. The van der Waals surface area contributed by atoms with Crippen LogP contribution in [0.2, 0.25) is 0 Å². The summed E-state index contributed by atoms with van der Waals surface area (Å²) in [6.07, 6.45) is 0.478. The van der Waals surface area contributed by atoms with Crippen LogP contribution in [-0.4, -0.2) is 57.9 Å². The fraction of sp³-hybridized carbons (Fsp3) is 0.471. The van der Waals surface area contributed by atoms with Gasteiger partial charge in [0.15, 0.2) is 14.8 Å². The molecule has 0 N–H and O–H groups in total. The normalized spacial score (nSPS) is 21.4. The van der Waals surface area contributed by atoms with Gasteiger partial charge in [-0.2, -0.15) is 5.10 Å². The van der Waals surface area contributed by atoms with Crippen LogP contribution < -0.4 is 5.56 Å². The van der Waals surface area contributed by atoms with Crippen LogP contribution in [0.3, 0.4) is 0 Å². The smallest absolute Gasteiger partial charge is 0.354 e. The van der Waals surface area contributed by atoms with Gasteiger partial charge in [0, 0.05) is 30.0 Å². The molecule has 2 aliphatic heterocycles. The lowest BCUT2D eigenvalue weighted by Gasteiger charge is -2.27. The summed E-state index contributed by atoms with van der Waals surface area (Å²) in [5.41, 5.74) is 0.894. The first-order chi connectivity index (χ1) is 13.7. The molecule has 0 spiro atoms. The summed E-state index contributed by atoms with van der Waals surface area (Å²) < 4.78 is 30.1. The van der Waals surface area contributed by atoms with Crippen molar-refractivity contribution in [2.24, 2.45) is 5.10 Å². The van der Waals surface area contributed by atoms with Gasteiger partial charge in [0.05, 0.1) is 23.2 Å². The van der Waals surface area contributed by atoms with E-state index in [2.05, 4.69) is 10.1 Å². The van der Waals surface area contributed by atoms with Gasteiger partial charge < -0.3 is 4.74 Å². The van der Waals surface area contributed by atoms with Gasteiger partial charge in [0.25, 0.3) is 5.56 Å². The van der Waals surface area contributed by atoms with Crippen molar-refractivity contribution in [3.8, 4) is 0 Å². The molecule has 4 heterocycles. The number of rotatable bonds is 4. The monoisotopic (exact) mass is 438 g/mol. The third-order valence-electron chi connectivity index (χ3n) is 4.83. The lowest BCUT2D eigenvalue weighted by Crippen LogP contribution is -2.42. The first kappa shape index (κ1) is 19.7. The first-order valence-corrected chi connectivity index (χ1v) is 11.7. The molecule has 29 heavy (non-hydrogen) atoms. The summed E-state index contributed by atoms with van der Waals surface area (Å²) in [6, 6.07) is 0.754. The van der Waals surface area contributed by atoms with E-state index in [1.807, 2.05) is 5.38 Å². The van der Waals surface area contributed by atoms with E-state index in [1.54, 1.807) is 6.92 Å². The third kappa shape index (κ3) is 3.94. The highest BCUT2D eigenvalue weighted by Crippen LogP contribution is 2.22. The number of ether oxygens (including phenoxy) is 1. The van der Waals surface area contributed by atoms with Gasteiger partial charge in [-0.05, 0) is 13.3 Å².